The van der Waals surface area contributed by atoms with Gasteiger partial charge < -0.3 is 19.7 Å². The summed E-state index contributed by atoms with van der Waals surface area (Å²) in [5.41, 5.74) is 0. The number of phosphoric ester groups is 1. The summed E-state index contributed by atoms with van der Waals surface area (Å²) in [6.45, 7) is 3.22. The Hall–Kier alpha value is -0.0151. The van der Waals surface area contributed by atoms with Crippen LogP contribution in [0.3, 0.4) is 0 Å². The number of hydrogen-bond acceptors (Lipinski definition) is 6. The lowest BCUT2D eigenvalue weighted by atomic mass is 9.82. The van der Waals surface area contributed by atoms with Gasteiger partial charge in [0, 0.05) is 32.7 Å². The molecule has 0 bridgehead atoms. The summed E-state index contributed by atoms with van der Waals surface area (Å²) in [5, 5.41) is 3.33. The molecule has 0 aromatic heterocycles. The fraction of sp³-hybridized carbons (Fsp3) is 0.962. The van der Waals surface area contributed by atoms with Crippen LogP contribution in [0.4, 0.5) is 0 Å². The fourth-order valence-electron chi connectivity index (χ4n) is 4.77. The Morgan fingerprint density at radius 2 is 1.53 bits per heavy atom. The van der Waals surface area contributed by atoms with Gasteiger partial charge in [0.25, 0.3) is 0 Å². The number of unbranched alkanes of at least 4 members (excludes halogenated alkanes) is 12. The molecule has 0 aliphatic carbocycles. The highest BCUT2D eigenvalue weighted by Crippen LogP contribution is 2.48. The first-order valence-electron chi connectivity index (χ1n) is 14.1. The second-order valence-electron chi connectivity index (χ2n) is 9.96. The molecule has 1 fully saturated rings. The summed E-state index contributed by atoms with van der Waals surface area (Å²) >= 11 is 5.49. The Morgan fingerprint density at radius 3 is 2.06 bits per heavy atom. The molecule has 2 unspecified atom stereocenters. The average Bonchev–Trinajstić information content (AvgIpc) is 3.13. The maximum Gasteiger partial charge on any atom is 0.472 e. The van der Waals surface area contributed by atoms with Gasteiger partial charge in [0.1, 0.15) is 20.1 Å². The SMILES string of the molecule is [B][C@@H]1O[C@H](COC)C(OP(=O)(O)OC)[C@@H]1CCCNC(=S)CCCCCCCCCCCCCCC. The quantitative estimate of drug-likeness (QED) is 0.0653. The van der Waals surface area contributed by atoms with E-state index in [1.165, 1.54) is 84.2 Å². The molecule has 0 spiro atoms. The van der Waals surface area contributed by atoms with Gasteiger partial charge in [0.15, 0.2) is 0 Å². The highest BCUT2D eigenvalue weighted by molar-refractivity contribution is 7.80. The Labute approximate surface area is 227 Å². The van der Waals surface area contributed by atoms with Crippen LogP contribution in [-0.4, -0.2) is 63.3 Å². The third-order valence-electron chi connectivity index (χ3n) is 6.90. The van der Waals surface area contributed by atoms with Crippen LogP contribution in [0.25, 0.3) is 0 Å². The number of rotatable bonds is 23. The molecule has 5 atom stereocenters. The van der Waals surface area contributed by atoms with Crippen LogP contribution < -0.4 is 5.32 Å². The minimum atomic E-state index is -4.16. The molecule has 0 aromatic carbocycles. The van der Waals surface area contributed by atoms with Crippen LogP contribution in [0.1, 0.15) is 110 Å². The number of phosphoric acid groups is 1. The predicted octanol–water partition coefficient (Wildman–Crippen LogP) is 6.45. The van der Waals surface area contributed by atoms with E-state index in [1.54, 1.807) is 0 Å². The van der Waals surface area contributed by atoms with Crippen LogP contribution in [0.15, 0.2) is 0 Å². The van der Waals surface area contributed by atoms with Crippen molar-refractivity contribution in [3.63, 3.8) is 0 Å². The summed E-state index contributed by atoms with van der Waals surface area (Å²) < 4.78 is 32.8. The molecule has 1 saturated heterocycles. The molecule has 2 radical (unpaired) electrons. The lowest BCUT2D eigenvalue weighted by Crippen LogP contribution is -2.33. The molecule has 1 rings (SSSR count). The van der Waals surface area contributed by atoms with Crippen molar-refractivity contribution >= 4 is 32.9 Å². The molecule has 10 heteroatoms. The number of methoxy groups -OCH3 is 1. The second-order valence-corrected chi connectivity index (χ2v) is 12.0. The molecule has 36 heavy (non-hydrogen) atoms. The van der Waals surface area contributed by atoms with Crippen LogP contribution in [-0.2, 0) is 23.1 Å². The van der Waals surface area contributed by atoms with E-state index in [2.05, 4.69) is 16.8 Å². The number of hydrogen-bond donors (Lipinski definition) is 2. The lowest BCUT2D eigenvalue weighted by Gasteiger charge is -2.25. The Bertz CT molecular complexity index is 617. The van der Waals surface area contributed by atoms with Gasteiger partial charge in [-0.05, 0) is 25.7 Å². The monoisotopic (exact) mass is 547 g/mol. The molecule has 1 heterocycles. The van der Waals surface area contributed by atoms with Gasteiger partial charge in [0.05, 0.1) is 11.6 Å². The van der Waals surface area contributed by atoms with Gasteiger partial charge in [-0.25, -0.2) is 4.57 Å². The first-order valence-corrected chi connectivity index (χ1v) is 16.0. The van der Waals surface area contributed by atoms with Gasteiger partial charge in [0.2, 0.25) is 0 Å². The first-order chi connectivity index (χ1) is 17.3. The summed E-state index contributed by atoms with van der Waals surface area (Å²) in [7, 11) is 4.65. The third kappa shape index (κ3) is 15.4. The van der Waals surface area contributed by atoms with E-state index < -0.39 is 26.0 Å². The maximum absolute atomic E-state index is 12.0. The van der Waals surface area contributed by atoms with Gasteiger partial charge in [-0.1, -0.05) is 96.2 Å². The van der Waals surface area contributed by atoms with Crippen molar-refractivity contribution in [1.29, 1.82) is 0 Å². The Morgan fingerprint density at radius 1 is 0.972 bits per heavy atom. The molecule has 0 saturated carbocycles. The second kappa shape index (κ2) is 20.9. The molecule has 0 amide bonds. The lowest BCUT2D eigenvalue weighted by molar-refractivity contribution is -0.0193. The Balaban J connectivity index is 2.10. The van der Waals surface area contributed by atoms with Gasteiger partial charge in [-0.15, -0.1) is 0 Å². The van der Waals surface area contributed by atoms with Gasteiger partial charge >= 0.3 is 7.82 Å². The van der Waals surface area contributed by atoms with Gasteiger partial charge in [-0.2, -0.15) is 0 Å². The number of ether oxygens (including phenoxy) is 2. The van der Waals surface area contributed by atoms with Crippen molar-refractivity contribution in [2.75, 3.05) is 27.4 Å². The van der Waals surface area contributed by atoms with Crippen molar-refractivity contribution in [3.05, 3.63) is 0 Å². The summed E-state index contributed by atoms with van der Waals surface area (Å²) in [6.07, 6.45) is 18.6. The molecule has 2 N–H and O–H groups in total. The highest BCUT2D eigenvalue weighted by Gasteiger charge is 2.45. The van der Waals surface area contributed by atoms with Crippen molar-refractivity contribution in [2.24, 2.45) is 5.92 Å². The highest BCUT2D eigenvalue weighted by atomic mass is 32.1. The first kappa shape index (κ1) is 34.0. The molecular weight excluding hydrogens is 496 g/mol. The minimum absolute atomic E-state index is 0.222. The Kier molecular flexibility index (Phi) is 19.7. The maximum atomic E-state index is 12.0. The summed E-state index contributed by atoms with van der Waals surface area (Å²) in [6, 6.07) is -0.593. The van der Waals surface area contributed by atoms with E-state index in [9.17, 15) is 9.46 Å². The molecular formula is C26H51BNO6PS. The van der Waals surface area contributed by atoms with Crippen molar-refractivity contribution in [2.45, 2.75) is 128 Å². The summed E-state index contributed by atoms with van der Waals surface area (Å²) in [5.74, 6) is -0.239. The van der Waals surface area contributed by atoms with Gasteiger partial charge in [-0.3, -0.25) is 9.05 Å². The zero-order valence-electron chi connectivity index (χ0n) is 23.0. The minimum Gasteiger partial charge on any atom is -0.382 e. The zero-order chi connectivity index (χ0) is 26.7. The predicted molar refractivity (Wildman–Crippen MR) is 152 cm³/mol. The zero-order valence-corrected chi connectivity index (χ0v) is 24.7. The van der Waals surface area contributed by atoms with Crippen LogP contribution in [0.5, 0.6) is 0 Å². The van der Waals surface area contributed by atoms with Crippen molar-refractivity contribution in [1.82, 2.24) is 5.32 Å². The fourth-order valence-corrected chi connectivity index (χ4v) is 5.70. The van der Waals surface area contributed by atoms with E-state index in [4.69, 9.17) is 34.1 Å². The van der Waals surface area contributed by atoms with E-state index in [1.807, 2.05) is 0 Å². The number of thiocarbonyl (C=S) groups is 1. The largest absolute Gasteiger partial charge is 0.472 e. The molecule has 0 aromatic rings. The summed E-state index contributed by atoms with van der Waals surface area (Å²) in [4.78, 5) is 10.7. The van der Waals surface area contributed by atoms with E-state index in [0.717, 1.165) is 37.9 Å². The van der Waals surface area contributed by atoms with E-state index >= 15 is 0 Å². The van der Waals surface area contributed by atoms with Crippen molar-refractivity contribution < 1.29 is 28.0 Å². The standard InChI is InChI=1S/C26H51BNO6PS/c1-4-5-6-7-8-9-10-11-12-13-14-15-16-19-24(36)28-20-17-18-22-25(34-35(29,30)32-3)23(21-31-2)33-26(22)27/h22-23,25-26H,4-21H2,1-3H3,(H,28,36)(H,29,30)/t22-,23+,25?,26+/m0/s1. The number of nitrogens with one attached hydrogen (secondary N) is 1. The molecule has 210 valence electrons. The molecule has 1 aliphatic heterocycles. The smallest absolute Gasteiger partial charge is 0.382 e. The van der Waals surface area contributed by atoms with Crippen LogP contribution >= 0.6 is 20.0 Å². The average molecular weight is 548 g/mol. The van der Waals surface area contributed by atoms with Crippen molar-refractivity contribution in [3.8, 4) is 0 Å². The molecule has 7 nitrogen and oxygen atoms in total. The van der Waals surface area contributed by atoms with E-state index in [0.29, 0.717) is 6.42 Å². The normalized spacial score (nSPS) is 23.6. The van der Waals surface area contributed by atoms with Crippen LogP contribution in [0.2, 0.25) is 0 Å². The van der Waals surface area contributed by atoms with Crippen LogP contribution in [0, 0.1) is 5.92 Å². The molecule has 1 aliphatic rings. The third-order valence-corrected chi connectivity index (χ3v) is 8.22. The topological polar surface area (TPSA) is 86.3 Å². The van der Waals surface area contributed by atoms with E-state index in [-0.39, 0.29) is 12.5 Å².